The second-order valence-electron chi connectivity index (χ2n) is 3.18. The van der Waals surface area contributed by atoms with E-state index in [-0.39, 0.29) is 0 Å². The summed E-state index contributed by atoms with van der Waals surface area (Å²) in [7, 11) is 0. The second kappa shape index (κ2) is 1.47. The monoisotopic (exact) mass is 111 g/mol. The molecular weight excluding hydrogens is 98.1 g/mol. The van der Waals surface area contributed by atoms with Crippen LogP contribution in [0.1, 0.15) is 13.3 Å². The van der Waals surface area contributed by atoms with Gasteiger partial charge in [0.1, 0.15) is 0 Å². The third kappa shape index (κ3) is 0.510. The molecule has 0 aromatic carbocycles. The molecule has 2 unspecified atom stereocenters. The van der Waals surface area contributed by atoms with Crippen LogP contribution in [-0.2, 0) is 0 Å². The minimum Gasteiger partial charge on any atom is -0.316 e. The minimum atomic E-state index is 1.05. The molecule has 1 aliphatic heterocycles. The Labute approximate surface area is 50.5 Å². The molecule has 1 heteroatoms. The molecular formula is C7H13N. The molecule has 0 amide bonds. The highest BCUT2D eigenvalue weighted by Crippen LogP contribution is 2.48. The van der Waals surface area contributed by atoms with Gasteiger partial charge in [0.2, 0.25) is 0 Å². The summed E-state index contributed by atoms with van der Waals surface area (Å²) >= 11 is 0. The maximum atomic E-state index is 3.41. The van der Waals surface area contributed by atoms with E-state index in [9.17, 15) is 0 Å². The van der Waals surface area contributed by atoms with Gasteiger partial charge in [-0.3, -0.25) is 0 Å². The lowest BCUT2D eigenvalue weighted by Gasteiger charge is -2.08. The maximum Gasteiger partial charge on any atom is -0.00151 e. The van der Waals surface area contributed by atoms with Crippen LogP contribution in [0.15, 0.2) is 0 Å². The molecule has 2 aliphatic rings. The SMILES string of the molecule is CC1C2CCNC[C@H]12. The van der Waals surface area contributed by atoms with Crippen molar-refractivity contribution in [1.82, 2.24) is 5.32 Å². The Morgan fingerprint density at radius 3 is 2.75 bits per heavy atom. The van der Waals surface area contributed by atoms with Gasteiger partial charge in [0.15, 0.2) is 0 Å². The van der Waals surface area contributed by atoms with Crippen molar-refractivity contribution in [3.63, 3.8) is 0 Å². The summed E-state index contributed by atoms with van der Waals surface area (Å²) in [6.07, 6.45) is 1.44. The van der Waals surface area contributed by atoms with Gasteiger partial charge in [-0.2, -0.15) is 0 Å². The predicted octanol–water partition coefficient (Wildman–Crippen LogP) is 0.862. The lowest BCUT2D eigenvalue weighted by atomic mass is 10.2. The first-order chi connectivity index (χ1) is 3.89. The molecule has 3 atom stereocenters. The largest absolute Gasteiger partial charge is 0.316 e. The topological polar surface area (TPSA) is 12.0 Å². The zero-order valence-electron chi connectivity index (χ0n) is 5.35. The first-order valence-electron chi connectivity index (χ1n) is 3.60. The number of rotatable bonds is 0. The van der Waals surface area contributed by atoms with Crippen LogP contribution < -0.4 is 5.32 Å². The van der Waals surface area contributed by atoms with Gasteiger partial charge in [0.05, 0.1) is 0 Å². The second-order valence-corrected chi connectivity index (χ2v) is 3.18. The normalized spacial score (nSPS) is 52.9. The standard InChI is InChI=1S/C7H13N/c1-5-6-2-3-8-4-7(5)6/h5-8H,2-4H2,1H3/t5?,6?,7-/m1/s1. The fourth-order valence-corrected chi connectivity index (χ4v) is 1.99. The van der Waals surface area contributed by atoms with Crippen LogP contribution in [-0.4, -0.2) is 13.1 Å². The van der Waals surface area contributed by atoms with Gasteiger partial charge in [-0.05, 0) is 37.3 Å². The average Bonchev–Trinajstić information content (AvgIpc) is 2.46. The van der Waals surface area contributed by atoms with E-state index >= 15 is 0 Å². The summed E-state index contributed by atoms with van der Waals surface area (Å²) in [5.41, 5.74) is 0. The summed E-state index contributed by atoms with van der Waals surface area (Å²) in [6, 6.07) is 0. The molecule has 2 fully saturated rings. The summed E-state index contributed by atoms with van der Waals surface area (Å²) in [4.78, 5) is 0. The number of hydrogen-bond acceptors (Lipinski definition) is 1. The lowest BCUT2D eigenvalue weighted by Crippen LogP contribution is -2.23. The molecule has 0 spiro atoms. The molecule has 0 aromatic rings. The Balaban J connectivity index is 1.97. The van der Waals surface area contributed by atoms with Crippen LogP contribution in [0, 0.1) is 17.8 Å². The van der Waals surface area contributed by atoms with Crippen LogP contribution in [0.3, 0.4) is 0 Å². The molecule has 2 rings (SSSR count). The van der Waals surface area contributed by atoms with E-state index in [1.807, 2.05) is 0 Å². The summed E-state index contributed by atoms with van der Waals surface area (Å²) in [5, 5.41) is 3.41. The number of nitrogens with one attached hydrogen (secondary N) is 1. The van der Waals surface area contributed by atoms with Crippen LogP contribution in [0.5, 0.6) is 0 Å². The van der Waals surface area contributed by atoms with Crippen molar-refractivity contribution in [1.29, 1.82) is 0 Å². The van der Waals surface area contributed by atoms with Crippen LogP contribution in [0.2, 0.25) is 0 Å². The fourth-order valence-electron chi connectivity index (χ4n) is 1.99. The van der Waals surface area contributed by atoms with E-state index in [1.54, 1.807) is 0 Å². The number of hydrogen-bond donors (Lipinski definition) is 1. The minimum absolute atomic E-state index is 1.05. The molecule has 1 aliphatic carbocycles. The van der Waals surface area contributed by atoms with Gasteiger partial charge in [-0.1, -0.05) is 6.92 Å². The van der Waals surface area contributed by atoms with Crippen molar-refractivity contribution in [2.75, 3.05) is 13.1 Å². The highest BCUT2D eigenvalue weighted by molar-refractivity contribution is 4.97. The quantitative estimate of drug-likeness (QED) is 0.489. The molecule has 0 bridgehead atoms. The average molecular weight is 111 g/mol. The van der Waals surface area contributed by atoms with Gasteiger partial charge < -0.3 is 5.32 Å². The molecule has 1 N–H and O–H groups in total. The zero-order chi connectivity index (χ0) is 5.56. The van der Waals surface area contributed by atoms with E-state index in [1.165, 1.54) is 19.5 Å². The molecule has 8 heavy (non-hydrogen) atoms. The Hall–Kier alpha value is -0.0400. The third-order valence-corrected chi connectivity index (χ3v) is 2.79. The highest BCUT2D eigenvalue weighted by atomic mass is 14.9. The molecule has 1 saturated carbocycles. The molecule has 1 nitrogen and oxygen atoms in total. The van der Waals surface area contributed by atoms with Crippen LogP contribution in [0.4, 0.5) is 0 Å². The molecule has 0 radical (unpaired) electrons. The Morgan fingerprint density at radius 2 is 2.25 bits per heavy atom. The summed E-state index contributed by atoms with van der Waals surface area (Å²) < 4.78 is 0. The van der Waals surface area contributed by atoms with Gasteiger partial charge >= 0.3 is 0 Å². The molecule has 46 valence electrons. The first kappa shape index (κ1) is 4.80. The maximum absolute atomic E-state index is 3.41. The molecule has 1 saturated heterocycles. The highest BCUT2D eigenvalue weighted by Gasteiger charge is 2.46. The fraction of sp³-hybridized carbons (Fsp3) is 1.00. The Kier molecular flexibility index (Phi) is 0.884. The zero-order valence-corrected chi connectivity index (χ0v) is 5.35. The van der Waals surface area contributed by atoms with E-state index in [2.05, 4.69) is 12.2 Å². The van der Waals surface area contributed by atoms with Gasteiger partial charge in [-0.25, -0.2) is 0 Å². The third-order valence-electron chi connectivity index (χ3n) is 2.79. The van der Waals surface area contributed by atoms with E-state index in [4.69, 9.17) is 0 Å². The van der Waals surface area contributed by atoms with E-state index in [0.717, 1.165) is 17.8 Å². The van der Waals surface area contributed by atoms with Crippen molar-refractivity contribution in [3.05, 3.63) is 0 Å². The van der Waals surface area contributed by atoms with Crippen LogP contribution >= 0.6 is 0 Å². The summed E-state index contributed by atoms with van der Waals surface area (Å²) in [6.45, 7) is 4.94. The van der Waals surface area contributed by atoms with Crippen molar-refractivity contribution in [3.8, 4) is 0 Å². The van der Waals surface area contributed by atoms with Crippen molar-refractivity contribution >= 4 is 0 Å². The predicted molar refractivity (Wildman–Crippen MR) is 33.6 cm³/mol. The lowest BCUT2D eigenvalue weighted by molar-refractivity contribution is 0.497. The van der Waals surface area contributed by atoms with Gasteiger partial charge in [0.25, 0.3) is 0 Å². The van der Waals surface area contributed by atoms with Gasteiger partial charge in [0, 0.05) is 0 Å². The van der Waals surface area contributed by atoms with Gasteiger partial charge in [-0.15, -0.1) is 0 Å². The molecule has 0 aromatic heterocycles. The Bertz CT molecular complexity index is 88.6. The molecule has 1 heterocycles. The first-order valence-corrected chi connectivity index (χ1v) is 3.60. The van der Waals surface area contributed by atoms with Crippen molar-refractivity contribution < 1.29 is 0 Å². The van der Waals surface area contributed by atoms with E-state index < -0.39 is 0 Å². The van der Waals surface area contributed by atoms with Crippen molar-refractivity contribution in [2.45, 2.75) is 13.3 Å². The van der Waals surface area contributed by atoms with Crippen molar-refractivity contribution in [2.24, 2.45) is 17.8 Å². The number of fused-ring (bicyclic) bond motifs is 1. The number of piperidine rings is 1. The van der Waals surface area contributed by atoms with E-state index in [0.29, 0.717) is 0 Å². The Morgan fingerprint density at radius 1 is 1.38 bits per heavy atom. The smallest absolute Gasteiger partial charge is 0.00151 e. The summed E-state index contributed by atoms with van der Waals surface area (Å²) in [5.74, 6) is 3.21. The van der Waals surface area contributed by atoms with Crippen LogP contribution in [0.25, 0.3) is 0 Å².